The molecule has 18 heavy (non-hydrogen) atoms. The van der Waals surface area contributed by atoms with Gasteiger partial charge in [-0.05, 0) is 38.3 Å². The molecule has 2 rings (SSSR count). The van der Waals surface area contributed by atoms with Crippen LogP contribution in [0.3, 0.4) is 0 Å². The first-order valence-corrected chi connectivity index (χ1v) is 6.77. The third kappa shape index (κ3) is 3.00. The molecule has 1 fully saturated rings. The molecule has 0 aromatic carbocycles. The zero-order chi connectivity index (χ0) is 13.0. The van der Waals surface area contributed by atoms with Crippen LogP contribution in [0.25, 0.3) is 0 Å². The molecule has 4 heteroatoms. The Morgan fingerprint density at radius 1 is 1.50 bits per heavy atom. The smallest absolute Gasteiger partial charge is 0.254 e. The van der Waals surface area contributed by atoms with Gasteiger partial charge in [-0.25, -0.2) is 4.98 Å². The zero-order valence-electron chi connectivity index (χ0n) is 11.1. The van der Waals surface area contributed by atoms with Crippen LogP contribution in [-0.4, -0.2) is 34.9 Å². The summed E-state index contributed by atoms with van der Waals surface area (Å²) in [5, 5.41) is 3.21. The summed E-state index contributed by atoms with van der Waals surface area (Å²) < 4.78 is 0. The number of carbonyl (C=O) groups is 1. The maximum Gasteiger partial charge on any atom is 0.254 e. The van der Waals surface area contributed by atoms with E-state index in [9.17, 15) is 4.79 Å². The number of anilines is 1. The van der Waals surface area contributed by atoms with Crippen molar-refractivity contribution in [2.24, 2.45) is 0 Å². The predicted molar refractivity (Wildman–Crippen MR) is 72.8 cm³/mol. The van der Waals surface area contributed by atoms with Crippen LogP contribution in [0.5, 0.6) is 0 Å². The molecule has 1 aromatic rings. The van der Waals surface area contributed by atoms with E-state index in [0.717, 1.165) is 43.7 Å². The Balaban J connectivity index is 2.08. The minimum Gasteiger partial charge on any atom is -0.370 e. The van der Waals surface area contributed by atoms with Gasteiger partial charge in [0.1, 0.15) is 5.82 Å². The largest absolute Gasteiger partial charge is 0.370 e. The molecule has 98 valence electrons. The van der Waals surface area contributed by atoms with E-state index in [2.05, 4.69) is 17.2 Å². The van der Waals surface area contributed by atoms with Crippen LogP contribution in [-0.2, 0) is 0 Å². The number of amides is 1. The fraction of sp³-hybridized carbons (Fsp3) is 0.571. The van der Waals surface area contributed by atoms with E-state index in [1.54, 1.807) is 12.3 Å². The Kier molecular flexibility index (Phi) is 4.18. The second-order valence-corrected chi connectivity index (χ2v) is 4.68. The highest BCUT2D eigenvalue weighted by atomic mass is 16.2. The Hall–Kier alpha value is -1.58. The molecule has 1 N–H and O–H groups in total. The van der Waals surface area contributed by atoms with Gasteiger partial charge < -0.3 is 10.2 Å². The van der Waals surface area contributed by atoms with Gasteiger partial charge in [-0.15, -0.1) is 0 Å². The van der Waals surface area contributed by atoms with Crippen LogP contribution in [0.15, 0.2) is 18.3 Å². The van der Waals surface area contributed by atoms with Gasteiger partial charge in [-0.3, -0.25) is 4.79 Å². The number of nitrogens with one attached hydrogen (secondary N) is 1. The van der Waals surface area contributed by atoms with Gasteiger partial charge in [-0.1, -0.05) is 6.92 Å². The van der Waals surface area contributed by atoms with Crippen LogP contribution in [0.1, 0.15) is 43.5 Å². The van der Waals surface area contributed by atoms with Gasteiger partial charge in [0.05, 0.1) is 0 Å². The molecule has 1 aromatic heterocycles. The average molecular weight is 247 g/mol. The van der Waals surface area contributed by atoms with E-state index in [-0.39, 0.29) is 5.91 Å². The Morgan fingerprint density at radius 2 is 2.28 bits per heavy atom. The zero-order valence-corrected chi connectivity index (χ0v) is 11.1. The Bertz CT molecular complexity index is 415. The molecule has 0 radical (unpaired) electrons. The molecular weight excluding hydrogens is 226 g/mol. The van der Waals surface area contributed by atoms with Crippen molar-refractivity contribution >= 4 is 11.7 Å². The van der Waals surface area contributed by atoms with Crippen molar-refractivity contribution in [2.75, 3.05) is 18.4 Å². The number of rotatable bonds is 6. The molecule has 1 amide bonds. The lowest BCUT2D eigenvalue weighted by Gasteiger charge is -2.20. The van der Waals surface area contributed by atoms with Crippen molar-refractivity contribution in [1.29, 1.82) is 0 Å². The van der Waals surface area contributed by atoms with Crippen molar-refractivity contribution in [3.63, 3.8) is 0 Å². The van der Waals surface area contributed by atoms with E-state index in [1.807, 2.05) is 17.9 Å². The summed E-state index contributed by atoms with van der Waals surface area (Å²) in [6, 6.07) is 4.11. The number of hydrogen-bond acceptors (Lipinski definition) is 3. The summed E-state index contributed by atoms with van der Waals surface area (Å²) >= 11 is 0. The maximum absolute atomic E-state index is 12.4. The highest BCUT2D eigenvalue weighted by Gasteiger charge is 2.31. The quantitative estimate of drug-likeness (QED) is 0.840. The maximum atomic E-state index is 12.4. The van der Waals surface area contributed by atoms with Gasteiger partial charge in [0, 0.05) is 30.9 Å². The third-order valence-corrected chi connectivity index (χ3v) is 3.15. The summed E-state index contributed by atoms with van der Waals surface area (Å²) in [6.45, 7) is 5.80. The van der Waals surface area contributed by atoms with E-state index >= 15 is 0 Å². The SMILES string of the molecule is CCCNc1cc(C(=O)N(CC)C2CC2)ccn1. The summed E-state index contributed by atoms with van der Waals surface area (Å²) in [6.07, 6.45) is 5.03. The molecule has 0 spiro atoms. The highest BCUT2D eigenvalue weighted by molar-refractivity contribution is 5.95. The van der Waals surface area contributed by atoms with Crippen LogP contribution in [0.2, 0.25) is 0 Å². The molecule has 1 aliphatic rings. The van der Waals surface area contributed by atoms with E-state index in [0.29, 0.717) is 6.04 Å². The predicted octanol–water partition coefficient (Wildman–Crippen LogP) is 2.53. The van der Waals surface area contributed by atoms with E-state index < -0.39 is 0 Å². The number of nitrogens with zero attached hydrogens (tertiary/aromatic N) is 2. The lowest BCUT2D eigenvalue weighted by atomic mass is 10.2. The van der Waals surface area contributed by atoms with Crippen molar-refractivity contribution in [1.82, 2.24) is 9.88 Å². The second kappa shape index (κ2) is 5.85. The van der Waals surface area contributed by atoms with Crippen LogP contribution in [0, 0.1) is 0 Å². The van der Waals surface area contributed by atoms with Gasteiger partial charge >= 0.3 is 0 Å². The minimum atomic E-state index is 0.127. The topological polar surface area (TPSA) is 45.2 Å². The molecule has 0 bridgehead atoms. The van der Waals surface area contributed by atoms with Crippen LogP contribution >= 0.6 is 0 Å². The molecule has 1 aliphatic carbocycles. The van der Waals surface area contributed by atoms with E-state index in [4.69, 9.17) is 0 Å². The van der Waals surface area contributed by atoms with Gasteiger partial charge in [0.15, 0.2) is 0 Å². The van der Waals surface area contributed by atoms with Crippen LogP contribution < -0.4 is 5.32 Å². The summed E-state index contributed by atoms with van der Waals surface area (Å²) in [5.74, 6) is 0.913. The Labute approximate surface area is 108 Å². The minimum absolute atomic E-state index is 0.127. The number of carbonyl (C=O) groups excluding carboxylic acids is 1. The monoisotopic (exact) mass is 247 g/mol. The first-order chi connectivity index (χ1) is 8.76. The first-order valence-electron chi connectivity index (χ1n) is 6.77. The summed E-state index contributed by atoms with van der Waals surface area (Å²) in [5.41, 5.74) is 0.734. The number of pyridine rings is 1. The van der Waals surface area contributed by atoms with Gasteiger partial charge in [0.2, 0.25) is 0 Å². The summed E-state index contributed by atoms with van der Waals surface area (Å²) in [4.78, 5) is 18.5. The lowest BCUT2D eigenvalue weighted by Crippen LogP contribution is -2.32. The fourth-order valence-electron chi connectivity index (χ4n) is 2.03. The molecule has 4 nitrogen and oxygen atoms in total. The second-order valence-electron chi connectivity index (χ2n) is 4.68. The molecule has 0 atom stereocenters. The molecule has 0 aliphatic heterocycles. The molecule has 1 heterocycles. The van der Waals surface area contributed by atoms with E-state index in [1.165, 1.54) is 0 Å². The molecule has 0 saturated heterocycles. The standard InChI is InChI=1S/C14H21N3O/c1-3-8-15-13-10-11(7-9-16-13)14(18)17(4-2)12-5-6-12/h7,9-10,12H,3-6,8H2,1-2H3,(H,15,16). The normalized spacial score (nSPS) is 14.3. The fourth-order valence-corrected chi connectivity index (χ4v) is 2.03. The first kappa shape index (κ1) is 12.9. The van der Waals surface area contributed by atoms with Crippen LogP contribution in [0.4, 0.5) is 5.82 Å². The molecular formula is C14H21N3O. The van der Waals surface area contributed by atoms with Gasteiger partial charge in [0.25, 0.3) is 5.91 Å². The highest BCUT2D eigenvalue weighted by Crippen LogP contribution is 2.28. The number of hydrogen-bond donors (Lipinski definition) is 1. The van der Waals surface area contributed by atoms with Crippen molar-refractivity contribution < 1.29 is 4.79 Å². The van der Waals surface area contributed by atoms with Crippen molar-refractivity contribution in [3.8, 4) is 0 Å². The average Bonchev–Trinajstić information content (AvgIpc) is 3.22. The van der Waals surface area contributed by atoms with Crippen molar-refractivity contribution in [2.45, 2.75) is 39.2 Å². The molecule has 0 unspecified atom stereocenters. The molecule has 1 saturated carbocycles. The number of aromatic nitrogens is 1. The lowest BCUT2D eigenvalue weighted by molar-refractivity contribution is 0.0752. The Morgan fingerprint density at radius 3 is 2.89 bits per heavy atom. The third-order valence-electron chi connectivity index (χ3n) is 3.15. The summed E-state index contributed by atoms with van der Waals surface area (Å²) in [7, 11) is 0. The van der Waals surface area contributed by atoms with Gasteiger partial charge in [-0.2, -0.15) is 0 Å². The van der Waals surface area contributed by atoms with Crippen molar-refractivity contribution in [3.05, 3.63) is 23.9 Å².